The Kier molecular flexibility index (Phi) is 3.63. The monoisotopic (exact) mass is 355 g/mol. The van der Waals surface area contributed by atoms with E-state index >= 15 is 0 Å². The van der Waals surface area contributed by atoms with Crippen molar-refractivity contribution in [1.82, 2.24) is 9.78 Å². The van der Waals surface area contributed by atoms with E-state index in [1.807, 2.05) is 30.3 Å². The van der Waals surface area contributed by atoms with E-state index < -0.39 is 16.1 Å². The number of hydrogen-bond acceptors (Lipinski definition) is 4. The van der Waals surface area contributed by atoms with Crippen LogP contribution >= 0.6 is 0 Å². The molecule has 1 aliphatic rings. The first-order valence-electron chi connectivity index (χ1n) is 7.85. The van der Waals surface area contributed by atoms with Crippen LogP contribution in [0.15, 0.2) is 65.8 Å². The lowest BCUT2D eigenvalue weighted by Gasteiger charge is -2.19. The summed E-state index contributed by atoms with van der Waals surface area (Å²) in [4.78, 5) is 0. The Balaban J connectivity index is 1.86. The van der Waals surface area contributed by atoms with Crippen molar-refractivity contribution in [3.63, 3.8) is 0 Å². The van der Waals surface area contributed by atoms with Crippen molar-refractivity contribution < 1.29 is 13.5 Å². The van der Waals surface area contributed by atoms with Crippen molar-refractivity contribution in [2.24, 2.45) is 0 Å². The minimum absolute atomic E-state index is 0.102. The van der Waals surface area contributed by atoms with Gasteiger partial charge in [0.05, 0.1) is 12.2 Å². The fourth-order valence-electron chi connectivity index (χ4n) is 3.09. The van der Waals surface area contributed by atoms with Crippen LogP contribution in [-0.2, 0) is 16.6 Å². The molecule has 2 heterocycles. The van der Waals surface area contributed by atoms with Crippen molar-refractivity contribution in [2.75, 3.05) is 11.4 Å². The normalized spacial score (nSPS) is 18.3. The van der Waals surface area contributed by atoms with Crippen LogP contribution in [0.2, 0.25) is 0 Å². The van der Waals surface area contributed by atoms with Crippen molar-refractivity contribution in [1.29, 1.82) is 0 Å². The fourth-order valence-corrected chi connectivity index (χ4v) is 4.45. The van der Waals surface area contributed by atoms with Gasteiger partial charge in [0.25, 0.3) is 10.0 Å². The third kappa shape index (κ3) is 2.52. The van der Waals surface area contributed by atoms with Gasteiger partial charge in [-0.25, -0.2) is 0 Å². The average molecular weight is 355 g/mol. The maximum absolute atomic E-state index is 12.9. The van der Waals surface area contributed by atoms with E-state index in [9.17, 15) is 13.5 Å². The SMILES string of the molecule is CN1c2ccccc2C(O)c2cn(Cc3ccccc3)nc2S1(=O)=O. The molecule has 1 aromatic heterocycles. The van der Waals surface area contributed by atoms with Gasteiger partial charge in [0.1, 0.15) is 6.10 Å². The lowest BCUT2D eigenvalue weighted by atomic mass is 10.0. The molecule has 0 bridgehead atoms. The standard InChI is InChI=1S/C18H17N3O3S/c1-20-16-10-6-5-9-14(16)17(22)15-12-21(19-18(15)25(20,23)24)11-13-7-3-2-4-8-13/h2-10,12,17,22H,11H2,1H3. The number of hydrogen-bond donors (Lipinski definition) is 1. The highest BCUT2D eigenvalue weighted by atomic mass is 32.2. The second kappa shape index (κ2) is 5.72. The van der Waals surface area contributed by atoms with Crippen LogP contribution in [-0.4, -0.2) is 30.4 Å². The van der Waals surface area contributed by atoms with Crippen molar-refractivity contribution in [3.8, 4) is 0 Å². The lowest BCUT2D eigenvalue weighted by molar-refractivity contribution is 0.218. The van der Waals surface area contributed by atoms with Gasteiger partial charge in [-0.3, -0.25) is 8.99 Å². The molecule has 4 rings (SSSR count). The number of aliphatic hydroxyl groups excluding tert-OH is 1. The number of rotatable bonds is 2. The van der Waals surface area contributed by atoms with Gasteiger partial charge >= 0.3 is 0 Å². The van der Waals surface area contributed by atoms with Gasteiger partial charge in [-0.1, -0.05) is 48.5 Å². The molecule has 1 atom stereocenters. The van der Waals surface area contributed by atoms with Crippen molar-refractivity contribution in [3.05, 3.63) is 77.5 Å². The van der Waals surface area contributed by atoms with Crippen molar-refractivity contribution >= 4 is 15.7 Å². The maximum Gasteiger partial charge on any atom is 0.283 e. The molecular weight excluding hydrogens is 338 g/mol. The molecule has 0 fully saturated rings. The first-order valence-corrected chi connectivity index (χ1v) is 9.29. The van der Waals surface area contributed by atoms with E-state index in [4.69, 9.17) is 0 Å². The van der Waals surface area contributed by atoms with Gasteiger partial charge in [0.2, 0.25) is 5.03 Å². The van der Waals surface area contributed by atoms with Crippen LogP contribution in [0.3, 0.4) is 0 Å². The van der Waals surface area contributed by atoms with Gasteiger partial charge in [0, 0.05) is 24.4 Å². The van der Waals surface area contributed by atoms with E-state index in [0.29, 0.717) is 23.4 Å². The summed E-state index contributed by atoms with van der Waals surface area (Å²) in [5.74, 6) is 0. The van der Waals surface area contributed by atoms with Gasteiger partial charge in [0.15, 0.2) is 0 Å². The first kappa shape index (κ1) is 15.9. The van der Waals surface area contributed by atoms with E-state index in [1.54, 1.807) is 35.1 Å². The zero-order valence-electron chi connectivity index (χ0n) is 13.6. The van der Waals surface area contributed by atoms with E-state index in [0.717, 1.165) is 5.56 Å². The number of anilines is 1. The molecule has 1 N–H and O–H groups in total. The highest BCUT2D eigenvalue weighted by Crippen LogP contribution is 2.39. The Bertz CT molecular complexity index is 1030. The van der Waals surface area contributed by atoms with Gasteiger partial charge in [-0.05, 0) is 11.6 Å². The Labute approximate surface area is 146 Å². The summed E-state index contributed by atoms with van der Waals surface area (Å²) in [5.41, 5.74) is 2.31. The molecule has 7 heteroatoms. The molecule has 128 valence electrons. The Hall–Kier alpha value is -2.64. The topological polar surface area (TPSA) is 75.4 Å². The number of para-hydroxylation sites is 1. The molecule has 0 saturated carbocycles. The van der Waals surface area contributed by atoms with Crippen LogP contribution in [0.4, 0.5) is 5.69 Å². The summed E-state index contributed by atoms with van der Waals surface area (Å²) < 4.78 is 28.6. The van der Waals surface area contributed by atoms with Gasteiger partial charge in [-0.15, -0.1) is 0 Å². The van der Waals surface area contributed by atoms with E-state index in [-0.39, 0.29) is 5.03 Å². The van der Waals surface area contributed by atoms with Crippen LogP contribution in [0.1, 0.15) is 22.8 Å². The highest BCUT2D eigenvalue weighted by molar-refractivity contribution is 7.92. The number of benzene rings is 2. The summed E-state index contributed by atoms with van der Waals surface area (Å²) in [5, 5.41) is 14.9. The van der Waals surface area contributed by atoms with Gasteiger partial charge < -0.3 is 5.11 Å². The molecule has 25 heavy (non-hydrogen) atoms. The summed E-state index contributed by atoms with van der Waals surface area (Å²) in [6.07, 6.45) is 0.566. The smallest absolute Gasteiger partial charge is 0.283 e. The Morgan fingerprint density at radius 2 is 1.72 bits per heavy atom. The van der Waals surface area contributed by atoms with Crippen LogP contribution < -0.4 is 4.31 Å². The minimum Gasteiger partial charge on any atom is -0.383 e. The number of fused-ring (bicyclic) bond motifs is 2. The van der Waals surface area contributed by atoms with Crippen LogP contribution in [0.25, 0.3) is 0 Å². The van der Waals surface area contributed by atoms with Crippen LogP contribution in [0, 0.1) is 0 Å². The van der Waals surface area contributed by atoms with E-state index in [2.05, 4.69) is 5.10 Å². The third-order valence-corrected chi connectivity index (χ3v) is 6.14. The molecule has 6 nitrogen and oxygen atoms in total. The third-order valence-electron chi connectivity index (χ3n) is 4.41. The predicted octanol–water partition coefficient (Wildman–Crippen LogP) is 2.15. The minimum atomic E-state index is -3.83. The van der Waals surface area contributed by atoms with E-state index in [1.165, 1.54) is 11.4 Å². The Morgan fingerprint density at radius 1 is 1.04 bits per heavy atom. The molecule has 2 aromatic carbocycles. The zero-order valence-corrected chi connectivity index (χ0v) is 14.4. The first-order chi connectivity index (χ1) is 12.0. The molecule has 0 saturated heterocycles. The summed E-state index contributed by atoms with van der Waals surface area (Å²) in [6.45, 7) is 0.432. The van der Waals surface area contributed by atoms with Gasteiger partial charge in [-0.2, -0.15) is 13.5 Å². The average Bonchev–Trinajstić information content (AvgIpc) is 3.04. The number of aliphatic hydroxyl groups is 1. The molecule has 0 radical (unpaired) electrons. The number of nitrogens with zero attached hydrogens (tertiary/aromatic N) is 3. The highest BCUT2D eigenvalue weighted by Gasteiger charge is 2.37. The quantitative estimate of drug-likeness (QED) is 0.764. The number of sulfonamides is 1. The molecule has 1 aliphatic heterocycles. The second-order valence-corrected chi connectivity index (χ2v) is 7.89. The lowest BCUT2D eigenvalue weighted by Crippen LogP contribution is -2.27. The largest absolute Gasteiger partial charge is 0.383 e. The molecule has 0 spiro atoms. The number of aromatic nitrogens is 2. The summed E-state index contributed by atoms with van der Waals surface area (Å²) >= 11 is 0. The molecule has 0 aliphatic carbocycles. The maximum atomic E-state index is 12.9. The fraction of sp³-hybridized carbons (Fsp3) is 0.167. The van der Waals surface area contributed by atoms with Crippen LogP contribution in [0.5, 0.6) is 0 Å². The summed E-state index contributed by atoms with van der Waals surface area (Å²) in [7, 11) is -2.36. The molecular formula is C18H17N3O3S. The second-order valence-electron chi connectivity index (χ2n) is 6.01. The predicted molar refractivity (Wildman–Crippen MR) is 93.9 cm³/mol. The Morgan fingerprint density at radius 3 is 2.48 bits per heavy atom. The molecule has 3 aromatic rings. The molecule has 0 amide bonds. The summed E-state index contributed by atoms with van der Waals surface area (Å²) in [6, 6.07) is 16.6. The van der Waals surface area contributed by atoms with Crippen molar-refractivity contribution in [2.45, 2.75) is 17.7 Å². The molecule has 1 unspecified atom stereocenters. The zero-order chi connectivity index (χ0) is 17.6.